The maximum atomic E-state index is 13.2. The van der Waals surface area contributed by atoms with E-state index in [0.29, 0.717) is 6.54 Å². The van der Waals surface area contributed by atoms with E-state index in [9.17, 15) is 4.39 Å². The number of hydrogen-bond acceptors (Lipinski definition) is 1. The second-order valence-electron chi connectivity index (χ2n) is 3.60. The minimum atomic E-state index is -0.409. The van der Waals surface area contributed by atoms with Crippen molar-refractivity contribution >= 4 is 11.6 Å². The zero-order chi connectivity index (χ0) is 11.5. The number of nitrogens with zero attached hydrogens (tertiary/aromatic N) is 1. The second kappa shape index (κ2) is 4.68. The quantitative estimate of drug-likeness (QED) is 0.876. The van der Waals surface area contributed by atoms with Crippen LogP contribution in [0.25, 0.3) is 0 Å². The first-order valence-electron chi connectivity index (χ1n) is 4.88. The summed E-state index contributed by atoms with van der Waals surface area (Å²) >= 11 is 5.60. The number of rotatable bonds is 3. The first kappa shape index (κ1) is 11.2. The topological polar surface area (TPSA) is 25.2 Å². The predicted octanol–water partition coefficient (Wildman–Crippen LogP) is 2.82. The van der Waals surface area contributed by atoms with Gasteiger partial charge in [0.15, 0.2) is 0 Å². The van der Waals surface area contributed by atoms with Crippen molar-refractivity contribution in [1.29, 1.82) is 0 Å². The lowest BCUT2D eigenvalue weighted by Crippen LogP contribution is -1.97. The second-order valence-corrected chi connectivity index (χ2v) is 4.01. The van der Waals surface area contributed by atoms with Crippen molar-refractivity contribution in [3.63, 3.8) is 0 Å². The third-order valence-electron chi connectivity index (χ3n) is 2.34. The Morgan fingerprint density at radius 1 is 1.25 bits per heavy atom. The van der Waals surface area contributed by atoms with Crippen LogP contribution in [0, 0.1) is 5.82 Å². The van der Waals surface area contributed by atoms with E-state index in [1.807, 2.05) is 23.0 Å². The van der Waals surface area contributed by atoms with Gasteiger partial charge in [0.1, 0.15) is 5.82 Å². The van der Waals surface area contributed by atoms with Gasteiger partial charge in [-0.3, -0.25) is 0 Å². The van der Waals surface area contributed by atoms with E-state index in [4.69, 9.17) is 16.7 Å². The summed E-state index contributed by atoms with van der Waals surface area (Å²) in [6.07, 6.45) is 3.67. The third kappa shape index (κ3) is 2.43. The molecule has 84 valence electrons. The molecule has 0 spiro atoms. The molecule has 0 aliphatic heterocycles. The molecule has 0 radical (unpaired) electrons. The zero-order valence-corrected chi connectivity index (χ0v) is 9.28. The normalized spacial score (nSPS) is 10.7. The Bertz CT molecular complexity index is 496. The van der Waals surface area contributed by atoms with Crippen molar-refractivity contribution in [2.75, 3.05) is 0 Å². The fourth-order valence-corrected chi connectivity index (χ4v) is 1.65. The summed E-state index contributed by atoms with van der Waals surface area (Å²) in [6, 6.07) is 6.57. The smallest absolute Gasteiger partial charge is 0.142 e. The van der Waals surface area contributed by atoms with E-state index in [-0.39, 0.29) is 11.6 Å². The van der Waals surface area contributed by atoms with Gasteiger partial charge in [-0.2, -0.15) is 0 Å². The van der Waals surface area contributed by atoms with Crippen molar-refractivity contribution in [1.82, 2.24) is 4.57 Å². The number of aliphatic hydroxyl groups excluding tert-OH is 1. The lowest BCUT2D eigenvalue weighted by atomic mass is 10.2. The fraction of sp³-hybridized carbons (Fsp3) is 0.167. The van der Waals surface area contributed by atoms with Crippen LogP contribution in [-0.2, 0) is 13.2 Å². The molecule has 0 aliphatic carbocycles. The van der Waals surface area contributed by atoms with Gasteiger partial charge in [-0.25, -0.2) is 4.39 Å². The summed E-state index contributed by atoms with van der Waals surface area (Å²) in [5.41, 5.74) is 1.68. The van der Waals surface area contributed by atoms with Crippen LogP contribution in [0.4, 0.5) is 4.39 Å². The number of benzene rings is 1. The van der Waals surface area contributed by atoms with E-state index >= 15 is 0 Å². The van der Waals surface area contributed by atoms with Crippen molar-refractivity contribution < 1.29 is 9.50 Å². The maximum absolute atomic E-state index is 13.2. The SMILES string of the molecule is OCc1ccn(Cc2ccc(Cl)c(F)c2)c1. The number of aromatic nitrogens is 1. The van der Waals surface area contributed by atoms with Gasteiger partial charge in [0, 0.05) is 18.9 Å². The fourth-order valence-electron chi connectivity index (χ4n) is 1.53. The van der Waals surface area contributed by atoms with Crippen LogP contribution in [0.1, 0.15) is 11.1 Å². The molecule has 2 rings (SSSR count). The predicted molar refractivity (Wildman–Crippen MR) is 60.9 cm³/mol. The molecule has 1 aromatic carbocycles. The molecule has 4 heteroatoms. The highest BCUT2D eigenvalue weighted by Crippen LogP contribution is 2.16. The molecule has 0 saturated carbocycles. The molecule has 0 aliphatic rings. The van der Waals surface area contributed by atoms with E-state index in [1.54, 1.807) is 12.1 Å². The summed E-state index contributed by atoms with van der Waals surface area (Å²) in [5.74, 6) is -0.409. The lowest BCUT2D eigenvalue weighted by molar-refractivity contribution is 0.282. The van der Waals surface area contributed by atoms with Crippen LogP contribution in [0.5, 0.6) is 0 Å². The Morgan fingerprint density at radius 2 is 2.06 bits per heavy atom. The summed E-state index contributed by atoms with van der Waals surface area (Å²) < 4.78 is 15.1. The summed E-state index contributed by atoms with van der Waals surface area (Å²) in [5, 5.41) is 9.04. The Labute approximate surface area is 97.9 Å². The summed E-state index contributed by atoms with van der Waals surface area (Å²) in [7, 11) is 0. The van der Waals surface area contributed by atoms with Crippen molar-refractivity contribution in [2.45, 2.75) is 13.2 Å². The summed E-state index contributed by atoms with van der Waals surface area (Å²) in [4.78, 5) is 0. The van der Waals surface area contributed by atoms with Gasteiger partial charge in [-0.05, 0) is 29.3 Å². The largest absolute Gasteiger partial charge is 0.392 e. The van der Waals surface area contributed by atoms with Gasteiger partial charge >= 0.3 is 0 Å². The first-order chi connectivity index (χ1) is 7.69. The molecular weight excluding hydrogens is 229 g/mol. The van der Waals surface area contributed by atoms with Crippen LogP contribution in [0.15, 0.2) is 36.7 Å². The first-order valence-corrected chi connectivity index (χ1v) is 5.26. The van der Waals surface area contributed by atoms with Crippen molar-refractivity contribution in [3.05, 3.63) is 58.6 Å². The minimum Gasteiger partial charge on any atom is -0.392 e. The molecule has 0 amide bonds. The van der Waals surface area contributed by atoms with Crippen LogP contribution < -0.4 is 0 Å². The van der Waals surface area contributed by atoms with E-state index in [2.05, 4.69) is 0 Å². The van der Waals surface area contributed by atoms with Crippen molar-refractivity contribution in [3.8, 4) is 0 Å². The van der Waals surface area contributed by atoms with Crippen LogP contribution in [-0.4, -0.2) is 9.67 Å². The molecular formula is C12H11ClFNO. The van der Waals surface area contributed by atoms with Gasteiger partial charge in [0.05, 0.1) is 11.6 Å². The molecule has 16 heavy (non-hydrogen) atoms. The highest BCUT2D eigenvalue weighted by Gasteiger charge is 2.02. The number of aliphatic hydroxyl groups is 1. The van der Waals surface area contributed by atoms with Crippen molar-refractivity contribution in [2.24, 2.45) is 0 Å². The molecule has 0 unspecified atom stereocenters. The number of halogens is 2. The number of hydrogen-bond donors (Lipinski definition) is 1. The van der Waals surface area contributed by atoms with Gasteiger partial charge in [-0.15, -0.1) is 0 Å². The van der Waals surface area contributed by atoms with Crippen LogP contribution in [0.2, 0.25) is 5.02 Å². The molecule has 0 saturated heterocycles. The van der Waals surface area contributed by atoms with E-state index < -0.39 is 5.82 Å². The van der Waals surface area contributed by atoms with Crippen LogP contribution >= 0.6 is 11.6 Å². The standard InChI is InChI=1S/C12H11ClFNO/c13-11-2-1-9(5-12(11)14)6-15-4-3-10(7-15)8-16/h1-5,7,16H,6,8H2. The van der Waals surface area contributed by atoms with Gasteiger partial charge < -0.3 is 9.67 Å². The summed E-state index contributed by atoms with van der Waals surface area (Å²) in [6.45, 7) is 0.579. The highest BCUT2D eigenvalue weighted by atomic mass is 35.5. The van der Waals surface area contributed by atoms with Gasteiger partial charge in [0.2, 0.25) is 0 Å². The Kier molecular flexibility index (Phi) is 3.27. The average molecular weight is 240 g/mol. The minimum absolute atomic E-state index is 0.0159. The van der Waals surface area contributed by atoms with E-state index in [1.165, 1.54) is 6.07 Å². The lowest BCUT2D eigenvalue weighted by Gasteiger charge is -2.04. The molecule has 1 heterocycles. The molecule has 2 aromatic rings. The van der Waals surface area contributed by atoms with Gasteiger partial charge in [-0.1, -0.05) is 17.7 Å². The molecule has 0 bridgehead atoms. The van der Waals surface area contributed by atoms with E-state index in [0.717, 1.165) is 11.1 Å². The molecule has 1 N–H and O–H groups in total. The maximum Gasteiger partial charge on any atom is 0.142 e. The van der Waals surface area contributed by atoms with Crippen LogP contribution in [0.3, 0.4) is 0 Å². The zero-order valence-electron chi connectivity index (χ0n) is 8.53. The molecule has 0 atom stereocenters. The Hall–Kier alpha value is -1.32. The Balaban J connectivity index is 2.17. The monoisotopic (exact) mass is 239 g/mol. The third-order valence-corrected chi connectivity index (χ3v) is 2.65. The Morgan fingerprint density at radius 3 is 2.69 bits per heavy atom. The molecule has 1 aromatic heterocycles. The van der Waals surface area contributed by atoms with Gasteiger partial charge in [0.25, 0.3) is 0 Å². The molecule has 2 nitrogen and oxygen atoms in total. The molecule has 0 fully saturated rings. The highest BCUT2D eigenvalue weighted by molar-refractivity contribution is 6.30. The average Bonchev–Trinajstić information content (AvgIpc) is 2.71.